The monoisotopic (exact) mass is 146 g/mol. The van der Waals surface area contributed by atoms with Crippen molar-refractivity contribution in [1.29, 1.82) is 0 Å². The van der Waals surface area contributed by atoms with Crippen molar-refractivity contribution in [2.75, 3.05) is 0 Å². The Morgan fingerprint density at radius 1 is 0.818 bits per heavy atom. The first-order chi connectivity index (χ1) is 5.37. The van der Waals surface area contributed by atoms with Gasteiger partial charge in [-0.05, 0) is 25.7 Å². The number of hydrogen-bond acceptors (Lipinski definition) is 0. The van der Waals surface area contributed by atoms with Gasteiger partial charge in [0.15, 0.2) is 0 Å². The lowest BCUT2D eigenvalue weighted by Gasteiger charge is -2.32. The van der Waals surface area contributed by atoms with Crippen molar-refractivity contribution in [3.63, 3.8) is 0 Å². The molecule has 0 aromatic rings. The normalized spacial score (nSPS) is 51.6. The fourth-order valence-electron chi connectivity index (χ4n) is 3.45. The molecular weight excluding hydrogens is 132 g/mol. The average molecular weight is 146 g/mol. The summed E-state index contributed by atoms with van der Waals surface area (Å²) in [4.78, 5) is 0. The minimum absolute atomic E-state index is 0.604. The predicted molar refractivity (Wildman–Crippen MR) is 46.2 cm³/mol. The van der Waals surface area contributed by atoms with E-state index in [0.717, 1.165) is 0 Å². The molecule has 0 bridgehead atoms. The van der Waals surface area contributed by atoms with Gasteiger partial charge in [0, 0.05) is 10.8 Å². The van der Waals surface area contributed by atoms with Gasteiger partial charge in [-0.3, -0.25) is 0 Å². The highest BCUT2D eigenvalue weighted by Crippen LogP contribution is 2.65. The molecule has 1 saturated carbocycles. The average Bonchev–Trinajstić information content (AvgIpc) is 2.40. The van der Waals surface area contributed by atoms with Crippen LogP contribution in [0.4, 0.5) is 0 Å². The Balaban J connectivity index is 2.16. The van der Waals surface area contributed by atoms with Crippen LogP contribution in [0.15, 0.2) is 24.3 Å². The molecule has 0 amide bonds. The van der Waals surface area contributed by atoms with Crippen molar-refractivity contribution < 1.29 is 0 Å². The number of rotatable bonds is 0. The summed E-state index contributed by atoms with van der Waals surface area (Å²) in [6.07, 6.45) is 16.8. The second-order valence-corrected chi connectivity index (χ2v) is 4.38. The van der Waals surface area contributed by atoms with Crippen LogP contribution in [0.3, 0.4) is 0 Å². The van der Waals surface area contributed by atoms with Gasteiger partial charge >= 0.3 is 0 Å². The predicted octanol–water partition coefficient (Wildman–Crippen LogP) is 3.06. The fourth-order valence-corrected chi connectivity index (χ4v) is 3.45. The van der Waals surface area contributed by atoms with Crippen molar-refractivity contribution in [1.82, 2.24) is 0 Å². The SMILES string of the molecule is C1=C[C@@]23CC=C[C@]2(C1)CCC3. The van der Waals surface area contributed by atoms with Gasteiger partial charge in [0.2, 0.25) is 0 Å². The van der Waals surface area contributed by atoms with Gasteiger partial charge in [0.05, 0.1) is 0 Å². The third-order valence-electron chi connectivity index (χ3n) is 4.08. The molecule has 0 heterocycles. The van der Waals surface area contributed by atoms with Crippen LogP contribution >= 0.6 is 0 Å². The summed E-state index contributed by atoms with van der Waals surface area (Å²) in [5, 5.41) is 0. The van der Waals surface area contributed by atoms with Crippen LogP contribution in [0.25, 0.3) is 0 Å². The standard InChI is InChI=1S/C11H14/c1-4-10-6-2-7-11(10,5-1)9-3-8-10/h1-2,4,7H,3,5-6,8-9H2/t10-,11+/m0/s1. The molecule has 0 nitrogen and oxygen atoms in total. The fraction of sp³-hybridized carbons (Fsp3) is 0.636. The van der Waals surface area contributed by atoms with Gasteiger partial charge in [-0.25, -0.2) is 0 Å². The highest BCUT2D eigenvalue weighted by atomic mass is 14.6. The van der Waals surface area contributed by atoms with E-state index < -0.39 is 0 Å². The Morgan fingerprint density at radius 3 is 1.91 bits per heavy atom. The van der Waals surface area contributed by atoms with Crippen LogP contribution in [0.1, 0.15) is 32.1 Å². The molecule has 0 heteroatoms. The summed E-state index contributed by atoms with van der Waals surface area (Å²) in [5.74, 6) is 0. The number of allylic oxidation sites excluding steroid dienone is 4. The molecule has 0 saturated heterocycles. The lowest BCUT2D eigenvalue weighted by Crippen LogP contribution is -2.26. The van der Waals surface area contributed by atoms with E-state index in [2.05, 4.69) is 24.3 Å². The molecule has 11 heavy (non-hydrogen) atoms. The van der Waals surface area contributed by atoms with E-state index in [1.165, 1.54) is 32.1 Å². The lowest BCUT2D eigenvalue weighted by atomic mass is 9.70. The van der Waals surface area contributed by atoms with Crippen LogP contribution in [-0.2, 0) is 0 Å². The van der Waals surface area contributed by atoms with Crippen LogP contribution in [0, 0.1) is 10.8 Å². The van der Waals surface area contributed by atoms with Gasteiger partial charge in [0.1, 0.15) is 0 Å². The van der Waals surface area contributed by atoms with Crippen molar-refractivity contribution in [3.05, 3.63) is 24.3 Å². The Morgan fingerprint density at radius 2 is 1.36 bits per heavy atom. The molecular formula is C11H14. The smallest absolute Gasteiger partial charge is 0.00101 e. The highest BCUT2D eigenvalue weighted by molar-refractivity contribution is 5.32. The summed E-state index contributed by atoms with van der Waals surface area (Å²) >= 11 is 0. The van der Waals surface area contributed by atoms with Crippen molar-refractivity contribution in [3.8, 4) is 0 Å². The van der Waals surface area contributed by atoms with Crippen LogP contribution < -0.4 is 0 Å². The Kier molecular flexibility index (Phi) is 0.894. The molecule has 3 rings (SSSR count). The molecule has 2 atom stereocenters. The zero-order valence-electron chi connectivity index (χ0n) is 6.84. The zero-order valence-corrected chi connectivity index (χ0v) is 6.84. The van der Waals surface area contributed by atoms with Crippen LogP contribution in [-0.4, -0.2) is 0 Å². The zero-order chi connectivity index (χ0) is 7.36. The first-order valence-electron chi connectivity index (χ1n) is 4.72. The second kappa shape index (κ2) is 1.63. The van der Waals surface area contributed by atoms with E-state index in [4.69, 9.17) is 0 Å². The minimum atomic E-state index is 0.604. The van der Waals surface area contributed by atoms with Gasteiger partial charge in [-0.15, -0.1) is 0 Å². The third kappa shape index (κ3) is 0.503. The van der Waals surface area contributed by atoms with E-state index >= 15 is 0 Å². The van der Waals surface area contributed by atoms with Gasteiger partial charge in [0.25, 0.3) is 0 Å². The van der Waals surface area contributed by atoms with E-state index in [9.17, 15) is 0 Å². The summed E-state index contributed by atoms with van der Waals surface area (Å²) in [6.45, 7) is 0. The third-order valence-corrected chi connectivity index (χ3v) is 4.08. The lowest BCUT2D eigenvalue weighted by molar-refractivity contribution is 0.231. The number of hydrogen-bond donors (Lipinski definition) is 0. The molecule has 0 aromatic carbocycles. The summed E-state index contributed by atoms with van der Waals surface area (Å²) in [6, 6.07) is 0. The quantitative estimate of drug-likeness (QED) is 0.461. The molecule has 0 unspecified atom stereocenters. The maximum atomic E-state index is 2.50. The molecule has 0 N–H and O–H groups in total. The Labute approximate surface area is 68.0 Å². The highest BCUT2D eigenvalue weighted by Gasteiger charge is 2.54. The molecule has 58 valence electrons. The summed E-state index contributed by atoms with van der Waals surface area (Å²) < 4.78 is 0. The molecule has 3 aliphatic carbocycles. The minimum Gasteiger partial charge on any atom is -0.0870 e. The topological polar surface area (TPSA) is 0 Å². The first kappa shape index (κ1) is 6.05. The van der Waals surface area contributed by atoms with Gasteiger partial charge in [-0.2, -0.15) is 0 Å². The van der Waals surface area contributed by atoms with E-state index in [-0.39, 0.29) is 0 Å². The van der Waals surface area contributed by atoms with Crippen LogP contribution in [0.2, 0.25) is 0 Å². The molecule has 0 aliphatic heterocycles. The van der Waals surface area contributed by atoms with Crippen molar-refractivity contribution in [2.45, 2.75) is 32.1 Å². The largest absolute Gasteiger partial charge is 0.0870 e. The van der Waals surface area contributed by atoms with Crippen molar-refractivity contribution >= 4 is 0 Å². The molecule has 0 spiro atoms. The molecule has 0 radical (unpaired) electrons. The summed E-state index contributed by atoms with van der Waals surface area (Å²) in [5.41, 5.74) is 1.21. The molecule has 1 fully saturated rings. The Bertz CT molecular complexity index is 223. The molecule has 0 aromatic heterocycles. The van der Waals surface area contributed by atoms with Gasteiger partial charge < -0.3 is 0 Å². The van der Waals surface area contributed by atoms with Crippen molar-refractivity contribution in [2.24, 2.45) is 10.8 Å². The maximum absolute atomic E-state index is 2.50. The molecule has 3 aliphatic rings. The van der Waals surface area contributed by atoms with E-state index in [1.807, 2.05) is 0 Å². The first-order valence-corrected chi connectivity index (χ1v) is 4.72. The van der Waals surface area contributed by atoms with Gasteiger partial charge in [-0.1, -0.05) is 30.7 Å². The van der Waals surface area contributed by atoms with E-state index in [0.29, 0.717) is 10.8 Å². The second-order valence-electron chi connectivity index (χ2n) is 4.38. The van der Waals surface area contributed by atoms with Crippen LogP contribution in [0.5, 0.6) is 0 Å². The maximum Gasteiger partial charge on any atom is 0.00101 e. The Hall–Kier alpha value is -0.520. The van der Waals surface area contributed by atoms with E-state index in [1.54, 1.807) is 0 Å². The summed E-state index contributed by atoms with van der Waals surface area (Å²) in [7, 11) is 0.